The maximum absolute atomic E-state index is 12.0. The molecule has 0 atom stereocenters. The van der Waals surface area contributed by atoms with Gasteiger partial charge in [-0.2, -0.15) is 0 Å². The van der Waals surface area contributed by atoms with Crippen LogP contribution in [0.15, 0.2) is 57.9 Å². The van der Waals surface area contributed by atoms with Gasteiger partial charge >= 0.3 is 0 Å². The van der Waals surface area contributed by atoms with E-state index < -0.39 is 0 Å². The van der Waals surface area contributed by atoms with Crippen molar-refractivity contribution in [2.75, 3.05) is 11.9 Å². The predicted molar refractivity (Wildman–Crippen MR) is 104 cm³/mol. The minimum Gasteiger partial charge on any atom is -0.493 e. The van der Waals surface area contributed by atoms with Gasteiger partial charge in [-0.3, -0.25) is 9.59 Å². The third-order valence-corrected chi connectivity index (χ3v) is 4.40. The number of pyridine rings is 2. The third kappa shape index (κ3) is 4.29. The molecule has 1 N–H and O–H groups in total. The van der Waals surface area contributed by atoms with Gasteiger partial charge in [-0.05, 0) is 30.7 Å². The second-order valence-corrected chi connectivity index (χ2v) is 6.70. The van der Waals surface area contributed by atoms with E-state index in [0.717, 1.165) is 15.4 Å². The van der Waals surface area contributed by atoms with Gasteiger partial charge in [0.15, 0.2) is 0 Å². The van der Waals surface area contributed by atoms with E-state index in [9.17, 15) is 9.59 Å². The molecule has 26 heavy (non-hydrogen) atoms. The number of benzene rings is 1. The maximum atomic E-state index is 12.0. The van der Waals surface area contributed by atoms with Gasteiger partial charge in [0.05, 0.1) is 12.1 Å². The first-order valence-corrected chi connectivity index (χ1v) is 8.97. The average molecular weight is 416 g/mol. The Bertz CT molecular complexity index is 1000. The summed E-state index contributed by atoms with van der Waals surface area (Å²) in [4.78, 5) is 28.1. The Morgan fingerprint density at radius 1 is 1.27 bits per heavy atom. The van der Waals surface area contributed by atoms with Crippen LogP contribution in [0.3, 0.4) is 0 Å². The Morgan fingerprint density at radius 2 is 2.08 bits per heavy atom. The normalized spacial score (nSPS) is 10.7. The van der Waals surface area contributed by atoms with Gasteiger partial charge in [0, 0.05) is 35.6 Å². The number of aromatic nitrogens is 2. The van der Waals surface area contributed by atoms with Crippen LogP contribution in [0.25, 0.3) is 10.9 Å². The van der Waals surface area contributed by atoms with Gasteiger partial charge in [0.25, 0.3) is 5.56 Å². The molecule has 3 aromatic rings. The summed E-state index contributed by atoms with van der Waals surface area (Å²) in [7, 11) is 1.73. The van der Waals surface area contributed by atoms with E-state index in [1.807, 2.05) is 24.3 Å². The number of aryl methyl sites for hydroxylation is 1. The monoisotopic (exact) mass is 415 g/mol. The maximum Gasteiger partial charge on any atom is 0.254 e. The molecule has 1 amide bonds. The molecule has 3 rings (SSSR count). The molecule has 7 heteroatoms. The minimum absolute atomic E-state index is 0.128. The first-order chi connectivity index (χ1) is 12.5. The lowest BCUT2D eigenvalue weighted by Crippen LogP contribution is -2.17. The number of fused-ring (bicyclic) bond motifs is 1. The summed E-state index contributed by atoms with van der Waals surface area (Å²) < 4.78 is 8.19. The number of nitrogens with zero attached hydrogens (tertiary/aromatic N) is 2. The van der Waals surface area contributed by atoms with Crippen molar-refractivity contribution >= 4 is 38.6 Å². The van der Waals surface area contributed by atoms with Gasteiger partial charge in [0.1, 0.15) is 11.6 Å². The van der Waals surface area contributed by atoms with Gasteiger partial charge in [-0.15, -0.1) is 0 Å². The van der Waals surface area contributed by atoms with Gasteiger partial charge in [-0.25, -0.2) is 4.98 Å². The van der Waals surface area contributed by atoms with Crippen LogP contribution in [0.5, 0.6) is 5.75 Å². The summed E-state index contributed by atoms with van der Waals surface area (Å²) in [6.07, 6.45) is 2.45. The standard InChI is InChI=1S/C19H18BrN3O3/c1-23-15-6-3-2-5-14(15)16(12-19(23)25)26-10-4-7-18(24)22-17-11-13(20)8-9-21-17/h2-3,5-6,8-9,11-12H,4,7,10H2,1H3,(H,21,22,24). The van der Waals surface area contributed by atoms with Crippen LogP contribution in [0.1, 0.15) is 12.8 Å². The molecule has 0 aliphatic carbocycles. The Labute approximate surface area is 158 Å². The van der Waals surface area contributed by atoms with E-state index in [-0.39, 0.29) is 11.5 Å². The van der Waals surface area contributed by atoms with E-state index in [0.29, 0.717) is 31.0 Å². The third-order valence-electron chi connectivity index (χ3n) is 3.91. The molecule has 0 unspecified atom stereocenters. The van der Waals surface area contributed by atoms with Crippen LogP contribution in [-0.2, 0) is 11.8 Å². The molecule has 0 bridgehead atoms. The Hall–Kier alpha value is -2.67. The zero-order valence-electron chi connectivity index (χ0n) is 14.2. The largest absolute Gasteiger partial charge is 0.493 e. The predicted octanol–water partition coefficient (Wildman–Crippen LogP) is 3.49. The summed E-state index contributed by atoms with van der Waals surface area (Å²) in [6.45, 7) is 0.344. The van der Waals surface area contributed by atoms with Crippen molar-refractivity contribution < 1.29 is 9.53 Å². The van der Waals surface area contributed by atoms with Crippen LogP contribution in [0, 0.1) is 0 Å². The summed E-state index contributed by atoms with van der Waals surface area (Å²) in [5.41, 5.74) is 0.686. The molecule has 1 aromatic carbocycles. The lowest BCUT2D eigenvalue weighted by atomic mass is 10.2. The van der Waals surface area contributed by atoms with Gasteiger partial charge in [0.2, 0.25) is 5.91 Å². The molecule has 2 heterocycles. The number of carbonyl (C=O) groups excluding carboxylic acids is 1. The van der Waals surface area contributed by atoms with Crippen LogP contribution in [-0.4, -0.2) is 22.1 Å². The van der Waals surface area contributed by atoms with Gasteiger partial charge < -0.3 is 14.6 Å². The minimum atomic E-state index is -0.131. The Morgan fingerprint density at radius 3 is 2.88 bits per heavy atom. The number of carbonyl (C=O) groups is 1. The summed E-state index contributed by atoms with van der Waals surface area (Å²) in [5.74, 6) is 0.911. The van der Waals surface area contributed by atoms with Gasteiger partial charge in [-0.1, -0.05) is 28.1 Å². The second-order valence-electron chi connectivity index (χ2n) is 5.78. The topological polar surface area (TPSA) is 73.2 Å². The molecule has 0 saturated carbocycles. The molecule has 2 aromatic heterocycles. The van der Waals surface area contributed by atoms with E-state index in [4.69, 9.17) is 4.74 Å². The molecule has 0 radical (unpaired) electrons. The van der Waals surface area contributed by atoms with E-state index in [1.165, 1.54) is 6.07 Å². The number of hydrogen-bond donors (Lipinski definition) is 1. The van der Waals surface area contributed by atoms with Crippen molar-refractivity contribution in [3.8, 4) is 5.75 Å². The number of halogens is 1. The van der Waals surface area contributed by atoms with Crippen molar-refractivity contribution in [3.05, 3.63) is 63.5 Å². The van der Waals surface area contributed by atoms with E-state index in [1.54, 1.807) is 29.9 Å². The highest BCUT2D eigenvalue weighted by atomic mass is 79.9. The van der Waals surface area contributed by atoms with Crippen molar-refractivity contribution in [3.63, 3.8) is 0 Å². The molecular weight excluding hydrogens is 398 g/mol. The van der Waals surface area contributed by atoms with Crippen LogP contribution < -0.4 is 15.6 Å². The highest BCUT2D eigenvalue weighted by Crippen LogP contribution is 2.23. The number of anilines is 1. The molecule has 0 aliphatic rings. The second kappa shape index (κ2) is 8.14. The average Bonchev–Trinajstić information content (AvgIpc) is 2.62. The smallest absolute Gasteiger partial charge is 0.254 e. The summed E-state index contributed by atoms with van der Waals surface area (Å²) >= 11 is 3.33. The zero-order chi connectivity index (χ0) is 18.5. The Balaban J connectivity index is 1.57. The quantitative estimate of drug-likeness (QED) is 0.625. The lowest BCUT2D eigenvalue weighted by Gasteiger charge is -2.11. The SMILES string of the molecule is Cn1c(=O)cc(OCCCC(=O)Nc2cc(Br)ccn2)c2ccccc21. The highest BCUT2D eigenvalue weighted by Gasteiger charge is 2.08. The number of nitrogens with one attached hydrogen (secondary N) is 1. The number of para-hydroxylation sites is 1. The number of ether oxygens (including phenoxy) is 1. The number of amides is 1. The fourth-order valence-corrected chi connectivity index (χ4v) is 2.93. The summed E-state index contributed by atoms with van der Waals surface area (Å²) in [5, 5.41) is 3.61. The van der Waals surface area contributed by atoms with Crippen LogP contribution in [0.2, 0.25) is 0 Å². The van der Waals surface area contributed by atoms with Crippen molar-refractivity contribution in [1.29, 1.82) is 0 Å². The molecule has 134 valence electrons. The first kappa shape index (κ1) is 18.1. The van der Waals surface area contributed by atoms with Crippen LogP contribution >= 0.6 is 15.9 Å². The summed E-state index contributed by atoms with van der Waals surface area (Å²) in [6, 6.07) is 12.6. The highest BCUT2D eigenvalue weighted by molar-refractivity contribution is 9.10. The molecule has 0 aliphatic heterocycles. The molecule has 6 nitrogen and oxygen atoms in total. The lowest BCUT2D eigenvalue weighted by molar-refractivity contribution is -0.116. The fraction of sp³-hybridized carbons (Fsp3) is 0.211. The van der Waals surface area contributed by atoms with Crippen molar-refractivity contribution in [2.45, 2.75) is 12.8 Å². The fourth-order valence-electron chi connectivity index (χ4n) is 2.59. The molecule has 0 fully saturated rings. The molecule has 0 spiro atoms. The number of hydrogen-bond acceptors (Lipinski definition) is 4. The first-order valence-electron chi connectivity index (χ1n) is 8.17. The molecular formula is C19H18BrN3O3. The van der Waals surface area contributed by atoms with Crippen molar-refractivity contribution in [1.82, 2.24) is 9.55 Å². The molecule has 0 saturated heterocycles. The van der Waals surface area contributed by atoms with E-state index in [2.05, 4.69) is 26.2 Å². The zero-order valence-corrected chi connectivity index (χ0v) is 15.8. The van der Waals surface area contributed by atoms with Crippen molar-refractivity contribution in [2.24, 2.45) is 7.05 Å². The Kier molecular flexibility index (Phi) is 5.68. The van der Waals surface area contributed by atoms with Crippen LogP contribution in [0.4, 0.5) is 5.82 Å². The van der Waals surface area contributed by atoms with E-state index >= 15 is 0 Å². The number of rotatable bonds is 6.